The predicted octanol–water partition coefficient (Wildman–Crippen LogP) is 2.51. The van der Waals surface area contributed by atoms with Gasteiger partial charge in [0, 0.05) is 6.54 Å². The van der Waals surface area contributed by atoms with Crippen molar-refractivity contribution >= 4 is 34.6 Å². The maximum atomic E-state index is 13.0. The van der Waals surface area contributed by atoms with E-state index >= 15 is 0 Å². The fraction of sp³-hybridized carbons (Fsp3) is 0.529. The molecule has 124 valence electrons. The standard InChI is InChI=1S/C17H21IN2O3/c1-23-17(22)19-15(16(21)20-8-4-7-14(20)18)13-9-11-5-2-3-6-12(11)10-13/h2-3,5-6,13-15H,4,7-10H2,1H3,(H,19,22)/t14-,15-/m0/s1. The highest BCUT2D eigenvalue weighted by Gasteiger charge is 2.39. The molecule has 1 N–H and O–H groups in total. The lowest BCUT2D eigenvalue weighted by atomic mass is 9.95. The van der Waals surface area contributed by atoms with E-state index in [9.17, 15) is 9.59 Å². The van der Waals surface area contributed by atoms with E-state index < -0.39 is 12.1 Å². The van der Waals surface area contributed by atoms with E-state index in [1.807, 2.05) is 17.0 Å². The van der Waals surface area contributed by atoms with Gasteiger partial charge in [0.1, 0.15) is 6.04 Å². The number of hydrogen-bond acceptors (Lipinski definition) is 3. The van der Waals surface area contributed by atoms with Gasteiger partial charge in [-0.3, -0.25) is 4.79 Å². The van der Waals surface area contributed by atoms with Crippen LogP contribution in [0.5, 0.6) is 0 Å². The summed E-state index contributed by atoms with van der Waals surface area (Å²) < 4.78 is 4.95. The number of nitrogens with zero attached hydrogens (tertiary/aromatic N) is 1. The van der Waals surface area contributed by atoms with E-state index in [1.165, 1.54) is 18.2 Å². The molecule has 0 radical (unpaired) electrons. The maximum absolute atomic E-state index is 13.0. The molecule has 6 heteroatoms. The molecule has 1 aromatic rings. The Balaban J connectivity index is 1.79. The number of benzene rings is 1. The van der Waals surface area contributed by atoms with Crippen molar-refractivity contribution in [2.75, 3.05) is 13.7 Å². The third kappa shape index (κ3) is 3.46. The van der Waals surface area contributed by atoms with Gasteiger partial charge in [-0.15, -0.1) is 0 Å². The Morgan fingerprint density at radius 2 is 1.96 bits per heavy atom. The molecular weight excluding hydrogens is 407 g/mol. The number of carbonyl (C=O) groups excluding carboxylic acids is 2. The molecule has 1 fully saturated rings. The van der Waals surface area contributed by atoms with Crippen LogP contribution in [0, 0.1) is 5.92 Å². The van der Waals surface area contributed by atoms with Gasteiger partial charge in [-0.1, -0.05) is 46.9 Å². The molecule has 1 saturated heterocycles. The van der Waals surface area contributed by atoms with Crippen LogP contribution in [0.2, 0.25) is 0 Å². The van der Waals surface area contributed by atoms with Crippen LogP contribution in [0.3, 0.4) is 0 Å². The van der Waals surface area contributed by atoms with Gasteiger partial charge >= 0.3 is 6.09 Å². The Hall–Kier alpha value is -1.31. The molecule has 5 nitrogen and oxygen atoms in total. The van der Waals surface area contributed by atoms with Crippen molar-refractivity contribution in [3.05, 3.63) is 35.4 Å². The lowest BCUT2D eigenvalue weighted by molar-refractivity contribution is -0.133. The highest BCUT2D eigenvalue weighted by Crippen LogP contribution is 2.31. The molecular formula is C17H21IN2O3. The molecule has 23 heavy (non-hydrogen) atoms. The van der Waals surface area contributed by atoms with Crippen LogP contribution in [0.25, 0.3) is 0 Å². The van der Waals surface area contributed by atoms with Crippen LogP contribution in [0.15, 0.2) is 24.3 Å². The summed E-state index contributed by atoms with van der Waals surface area (Å²) in [5.41, 5.74) is 2.55. The number of alkyl carbamates (subject to hydrolysis) is 1. The van der Waals surface area contributed by atoms with Gasteiger partial charge in [-0.05, 0) is 42.7 Å². The fourth-order valence-electron chi connectivity index (χ4n) is 3.55. The Labute approximate surface area is 149 Å². The second-order valence-electron chi connectivity index (χ2n) is 6.16. The first-order chi connectivity index (χ1) is 11.1. The quantitative estimate of drug-likeness (QED) is 0.458. The lowest BCUT2D eigenvalue weighted by Crippen LogP contribution is -2.53. The predicted molar refractivity (Wildman–Crippen MR) is 95.4 cm³/mol. The van der Waals surface area contributed by atoms with Gasteiger partial charge in [-0.2, -0.15) is 0 Å². The molecule has 0 saturated carbocycles. The second kappa shape index (κ2) is 7.07. The number of fused-ring (bicyclic) bond motifs is 1. The molecule has 1 aliphatic carbocycles. The number of halogens is 1. The average Bonchev–Trinajstić information content (AvgIpc) is 3.17. The average molecular weight is 428 g/mol. The first kappa shape index (κ1) is 16.5. The van der Waals surface area contributed by atoms with Crippen LogP contribution in [0.1, 0.15) is 24.0 Å². The van der Waals surface area contributed by atoms with Crippen molar-refractivity contribution in [1.29, 1.82) is 0 Å². The van der Waals surface area contributed by atoms with E-state index in [0.717, 1.165) is 32.2 Å². The van der Waals surface area contributed by atoms with Crippen molar-refractivity contribution in [3.63, 3.8) is 0 Å². The zero-order valence-electron chi connectivity index (χ0n) is 13.1. The topological polar surface area (TPSA) is 58.6 Å². The van der Waals surface area contributed by atoms with Crippen molar-refractivity contribution < 1.29 is 14.3 Å². The van der Waals surface area contributed by atoms with Gasteiger partial charge in [-0.25, -0.2) is 4.79 Å². The smallest absolute Gasteiger partial charge is 0.407 e. The van der Waals surface area contributed by atoms with Crippen molar-refractivity contribution in [1.82, 2.24) is 10.2 Å². The maximum Gasteiger partial charge on any atom is 0.407 e. The van der Waals surface area contributed by atoms with Gasteiger partial charge < -0.3 is 15.0 Å². The number of ether oxygens (including phenoxy) is 1. The van der Waals surface area contributed by atoms with Gasteiger partial charge in [0.2, 0.25) is 5.91 Å². The number of alkyl halides is 1. The van der Waals surface area contributed by atoms with Crippen LogP contribution in [-0.2, 0) is 22.4 Å². The summed E-state index contributed by atoms with van der Waals surface area (Å²) in [4.78, 5) is 26.6. The van der Waals surface area contributed by atoms with Crippen LogP contribution in [-0.4, -0.2) is 40.6 Å². The summed E-state index contributed by atoms with van der Waals surface area (Å²) in [5, 5.41) is 2.78. The SMILES string of the molecule is COC(=O)N[C@H](C(=O)N1CCC[C@H]1I)C1Cc2ccccc2C1. The fourth-order valence-corrected chi connectivity index (χ4v) is 4.54. The van der Waals surface area contributed by atoms with E-state index in [0.29, 0.717) is 0 Å². The number of hydrogen-bond donors (Lipinski definition) is 1. The second-order valence-corrected chi connectivity index (χ2v) is 7.60. The van der Waals surface area contributed by atoms with E-state index in [1.54, 1.807) is 0 Å². The summed E-state index contributed by atoms with van der Waals surface area (Å²) in [6.45, 7) is 0.769. The molecule has 0 bridgehead atoms. The third-order valence-corrected chi connectivity index (χ3v) is 6.04. The Morgan fingerprint density at radius 3 is 2.48 bits per heavy atom. The highest BCUT2D eigenvalue weighted by atomic mass is 127. The Kier molecular flexibility index (Phi) is 5.08. The largest absolute Gasteiger partial charge is 0.453 e. The molecule has 2 aliphatic rings. The first-order valence-electron chi connectivity index (χ1n) is 7.96. The molecule has 0 unspecified atom stereocenters. The molecule has 0 aromatic heterocycles. The first-order valence-corrected chi connectivity index (χ1v) is 9.20. The van der Waals surface area contributed by atoms with Gasteiger partial charge in [0.15, 0.2) is 0 Å². The summed E-state index contributed by atoms with van der Waals surface area (Å²) in [7, 11) is 1.33. The molecule has 1 aromatic carbocycles. The third-order valence-electron chi connectivity index (χ3n) is 4.74. The Bertz CT molecular complexity index is 582. The minimum absolute atomic E-state index is 0.0186. The number of methoxy groups -OCH3 is 1. The highest BCUT2D eigenvalue weighted by molar-refractivity contribution is 14.1. The zero-order valence-corrected chi connectivity index (χ0v) is 15.3. The summed E-state index contributed by atoms with van der Waals surface area (Å²) >= 11 is 2.31. The number of likely N-dealkylation sites (tertiary alicyclic amines) is 1. The van der Waals surface area contributed by atoms with Crippen LogP contribution < -0.4 is 5.32 Å². The van der Waals surface area contributed by atoms with E-state index in [2.05, 4.69) is 40.0 Å². The minimum Gasteiger partial charge on any atom is -0.453 e. The molecule has 2 amide bonds. The number of rotatable bonds is 3. The number of carbonyl (C=O) groups is 2. The summed E-state index contributed by atoms with van der Waals surface area (Å²) in [5.74, 6) is 0.105. The minimum atomic E-state index is -0.538. The van der Waals surface area contributed by atoms with Gasteiger partial charge in [0.05, 0.1) is 11.2 Å². The monoisotopic (exact) mass is 428 g/mol. The number of nitrogens with one attached hydrogen (secondary N) is 1. The number of amides is 2. The van der Waals surface area contributed by atoms with Crippen molar-refractivity contribution in [2.24, 2.45) is 5.92 Å². The van der Waals surface area contributed by atoms with E-state index in [-0.39, 0.29) is 15.9 Å². The molecule has 1 aliphatic heterocycles. The van der Waals surface area contributed by atoms with Gasteiger partial charge in [0.25, 0.3) is 0 Å². The molecule has 2 atom stereocenters. The molecule has 1 heterocycles. The van der Waals surface area contributed by atoms with E-state index in [4.69, 9.17) is 4.74 Å². The normalized spacial score (nSPS) is 21.8. The van der Waals surface area contributed by atoms with Crippen molar-refractivity contribution in [3.8, 4) is 0 Å². The Morgan fingerprint density at radius 1 is 1.30 bits per heavy atom. The van der Waals surface area contributed by atoms with Crippen LogP contribution >= 0.6 is 22.6 Å². The molecule has 3 rings (SSSR count). The lowest BCUT2D eigenvalue weighted by Gasteiger charge is -2.29. The van der Waals surface area contributed by atoms with Crippen molar-refractivity contribution in [2.45, 2.75) is 35.8 Å². The van der Waals surface area contributed by atoms with Crippen LogP contribution in [0.4, 0.5) is 4.79 Å². The summed E-state index contributed by atoms with van der Waals surface area (Å²) in [6.07, 6.45) is 3.13. The zero-order chi connectivity index (χ0) is 16.4. The molecule has 0 spiro atoms. The summed E-state index contributed by atoms with van der Waals surface area (Å²) in [6, 6.07) is 7.73.